The molecule has 0 radical (unpaired) electrons. The van der Waals surface area contributed by atoms with Gasteiger partial charge in [-0.1, -0.05) is 6.07 Å². The summed E-state index contributed by atoms with van der Waals surface area (Å²) >= 11 is 1.37. The van der Waals surface area contributed by atoms with Crippen LogP contribution in [-0.4, -0.2) is 48.9 Å². The van der Waals surface area contributed by atoms with Crippen molar-refractivity contribution in [3.05, 3.63) is 22.4 Å². The summed E-state index contributed by atoms with van der Waals surface area (Å²) in [6.45, 7) is 4.40. The van der Waals surface area contributed by atoms with Gasteiger partial charge in [0, 0.05) is 25.7 Å². The fourth-order valence-electron chi connectivity index (χ4n) is 1.96. The monoisotopic (exact) mass is 267 g/mol. The Balaban J connectivity index is 1.82. The molecule has 1 aliphatic rings. The first kappa shape index (κ1) is 13.0. The van der Waals surface area contributed by atoms with Crippen LogP contribution in [0.15, 0.2) is 17.5 Å². The van der Waals surface area contributed by atoms with E-state index in [-0.39, 0.29) is 24.4 Å². The Morgan fingerprint density at radius 1 is 1.61 bits per heavy atom. The number of piperazine rings is 1. The molecular formula is C12H17N3O2S. The average Bonchev–Trinajstić information content (AvgIpc) is 2.90. The van der Waals surface area contributed by atoms with E-state index in [1.807, 2.05) is 23.3 Å². The summed E-state index contributed by atoms with van der Waals surface area (Å²) in [5, 5.41) is 7.73. The number of nitrogens with zero attached hydrogens (tertiary/aromatic N) is 1. The number of carbonyl (C=O) groups is 2. The van der Waals surface area contributed by atoms with Gasteiger partial charge >= 0.3 is 0 Å². The van der Waals surface area contributed by atoms with Crippen molar-refractivity contribution in [3.8, 4) is 0 Å². The normalized spacial score (nSPS) is 19.6. The van der Waals surface area contributed by atoms with Crippen molar-refractivity contribution >= 4 is 23.2 Å². The second kappa shape index (κ2) is 5.97. The molecule has 98 valence electrons. The number of amides is 2. The van der Waals surface area contributed by atoms with Crippen LogP contribution in [0.25, 0.3) is 0 Å². The van der Waals surface area contributed by atoms with Crippen molar-refractivity contribution < 1.29 is 9.59 Å². The van der Waals surface area contributed by atoms with E-state index in [0.717, 1.165) is 13.1 Å². The van der Waals surface area contributed by atoms with Crippen LogP contribution in [-0.2, 0) is 4.79 Å². The van der Waals surface area contributed by atoms with Gasteiger partial charge in [0.25, 0.3) is 5.91 Å². The van der Waals surface area contributed by atoms with E-state index < -0.39 is 0 Å². The number of rotatable bonds is 3. The molecule has 2 amide bonds. The second-order valence-corrected chi connectivity index (χ2v) is 5.25. The molecule has 1 aliphatic heterocycles. The van der Waals surface area contributed by atoms with Crippen LogP contribution >= 0.6 is 11.3 Å². The molecule has 6 heteroatoms. The largest absolute Gasteiger partial charge is 0.342 e. The molecule has 0 aromatic carbocycles. The zero-order chi connectivity index (χ0) is 13.0. The Labute approximate surface area is 110 Å². The minimum atomic E-state index is -0.180. The van der Waals surface area contributed by atoms with Gasteiger partial charge in [0.2, 0.25) is 5.91 Å². The summed E-state index contributed by atoms with van der Waals surface area (Å²) in [5.74, 6) is -0.199. The Morgan fingerprint density at radius 2 is 2.44 bits per heavy atom. The lowest BCUT2D eigenvalue weighted by molar-refractivity contribution is -0.132. The van der Waals surface area contributed by atoms with Gasteiger partial charge in [-0.05, 0) is 18.4 Å². The Morgan fingerprint density at radius 3 is 3.11 bits per heavy atom. The first-order valence-corrected chi connectivity index (χ1v) is 6.88. The fourth-order valence-corrected chi connectivity index (χ4v) is 2.60. The van der Waals surface area contributed by atoms with Crippen LogP contribution in [0.5, 0.6) is 0 Å². The van der Waals surface area contributed by atoms with Crippen LogP contribution in [0.2, 0.25) is 0 Å². The van der Waals surface area contributed by atoms with E-state index in [1.165, 1.54) is 11.3 Å². The quantitative estimate of drug-likeness (QED) is 0.828. The van der Waals surface area contributed by atoms with Crippen molar-refractivity contribution in [2.45, 2.75) is 13.0 Å². The summed E-state index contributed by atoms with van der Waals surface area (Å²) in [5.41, 5.74) is 0. The summed E-state index contributed by atoms with van der Waals surface area (Å²) in [7, 11) is 0. The van der Waals surface area contributed by atoms with E-state index in [9.17, 15) is 9.59 Å². The van der Waals surface area contributed by atoms with Crippen molar-refractivity contribution in [2.24, 2.45) is 0 Å². The number of hydrogen-bond acceptors (Lipinski definition) is 4. The maximum Gasteiger partial charge on any atom is 0.261 e. The summed E-state index contributed by atoms with van der Waals surface area (Å²) in [6, 6.07) is 3.75. The Kier molecular flexibility index (Phi) is 4.33. The van der Waals surface area contributed by atoms with E-state index in [1.54, 1.807) is 6.07 Å². The SMILES string of the molecule is C[C@H]1CNCCN1C(=O)CNC(=O)c1cccs1. The predicted molar refractivity (Wildman–Crippen MR) is 70.7 cm³/mol. The number of carbonyl (C=O) groups excluding carboxylic acids is 2. The first-order chi connectivity index (χ1) is 8.68. The number of thiophene rings is 1. The van der Waals surface area contributed by atoms with Crippen LogP contribution in [0.4, 0.5) is 0 Å². The topological polar surface area (TPSA) is 61.4 Å². The minimum absolute atomic E-state index is 0.0195. The zero-order valence-electron chi connectivity index (χ0n) is 10.3. The summed E-state index contributed by atoms with van der Waals surface area (Å²) in [4.78, 5) is 26.1. The van der Waals surface area contributed by atoms with Crippen molar-refractivity contribution in [1.29, 1.82) is 0 Å². The molecule has 5 nitrogen and oxygen atoms in total. The lowest BCUT2D eigenvalue weighted by atomic mass is 10.2. The van der Waals surface area contributed by atoms with Crippen LogP contribution in [0.1, 0.15) is 16.6 Å². The lowest BCUT2D eigenvalue weighted by Gasteiger charge is -2.34. The van der Waals surface area contributed by atoms with Crippen LogP contribution < -0.4 is 10.6 Å². The van der Waals surface area contributed by atoms with E-state index in [4.69, 9.17) is 0 Å². The van der Waals surface area contributed by atoms with Gasteiger partial charge in [0.15, 0.2) is 0 Å². The minimum Gasteiger partial charge on any atom is -0.342 e. The van der Waals surface area contributed by atoms with Crippen molar-refractivity contribution in [3.63, 3.8) is 0 Å². The molecule has 18 heavy (non-hydrogen) atoms. The molecule has 2 heterocycles. The molecule has 0 spiro atoms. The van der Waals surface area contributed by atoms with Gasteiger partial charge in [-0.3, -0.25) is 9.59 Å². The predicted octanol–water partition coefficient (Wildman–Crippen LogP) is 0.298. The van der Waals surface area contributed by atoms with Gasteiger partial charge in [-0.15, -0.1) is 11.3 Å². The van der Waals surface area contributed by atoms with Gasteiger partial charge in [0.1, 0.15) is 0 Å². The molecule has 1 atom stereocenters. The average molecular weight is 267 g/mol. The molecule has 1 fully saturated rings. The molecule has 1 saturated heterocycles. The summed E-state index contributed by atoms with van der Waals surface area (Å²) in [6.07, 6.45) is 0. The molecule has 0 saturated carbocycles. The molecule has 2 rings (SSSR count). The molecule has 2 N–H and O–H groups in total. The highest BCUT2D eigenvalue weighted by Gasteiger charge is 2.23. The molecule has 0 bridgehead atoms. The lowest BCUT2D eigenvalue weighted by Crippen LogP contribution is -2.54. The van der Waals surface area contributed by atoms with Crippen molar-refractivity contribution in [1.82, 2.24) is 15.5 Å². The third-order valence-electron chi connectivity index (χ3n) is 2.97. The highest BCUT2D eigenvalue weighted by atomic mass is 32.1. The molecule has 1 aromatic rings. The van der Waals surface area contributed by atoms with E-state index in [2.05, 4.69) is 10.6 Å². The maximum atomic E-state index is 12.0. The van der Waals surface area contributed by atoms with Crippen LogP contribution in [0.3, 0.4) is 0 Å². The first-order valence-electron chi connectivity index (χ1n) is 6.00. The van der Waals surface area contributed by atoms with Crippen LogP contribution in [0, 0.1) is 0 Å². The standard InChI is InChI=1S/C12H17N3O2S/c1-9-7-13-4-5-15(9)11(16)8-14-12(17)10-3-2-6-18-10/h2-3,6,9,13H,4-5,7-8H2,1H3,(H,14,17)/t9-/m0/s1. The fraction of sp³-hybridized carbons (Fsp3) is 0.500. The summed E-state index contributed by atoms with van der Waals surface area (Å²) < 4.78 is 0. The van der Waals surface area contributed by atoms with Gasteiger partial charge in [-0.2, -0.15) is 0 Å². The maximum absolute atomic E-state index is 12.0. The smallest absolute Gasteiger partial charge is 0.261 e. The Bertz CT molecular complexity index is 419. The molecular weight excluding hydrogens is 250 g/mol. The third kappa shape index (κ3) is 3.08. The number of hydrogen-bond donors (Lipinski definition) is 2. The highest BCUT2D eigenvalue weighted by molar-refractivity contribution is 7.12. The molecule has 1 aromatic heterocycles. The zero-order valence-corrected chi connectivity index (χ0v) is 11.1. The second-order valence-electron chi connectivity index (χ2n) is 4.30. The Hall–Kier alpha value is -1.40. The highest BCUT2D eigenvalue weighted by Crippen LogP contribution is 2.08. The molecule has 0 aliphatic carbocycles. The van der Waals surface area contributed by atoms with Gasteiger partial charge in [-0.25, -0.2) is 0 Å². The van der Waals surface area contributed by atoms with Gasteiger partial charge < -0.3 is 15.5 Å². The van der Waals surface area contributed by atoms with E-state index in [0.29, 0.717) is 11.4 Å². The number of nitrogens with one attached hydrogen (secondary N) is 2. The van der Waals surface area contributed by atoms with Gasteiger partial charge in [0.05, 0.1) is 11.4 Å². The molecule has 0 unspecified atom stereocenters. The third-order valence-corrected chi connectivity index (χ3v) is 3.84. The van der Waals surface area contributed by atoms with E-state index >= 15 is 0 Å². The van der Waals surface area contributed by atoms with Crippen molar-refractivity contribution in [2.75, 3.05) is 26.2 Å².